The van der Waals surface area contributed by atoms with Gasteiger partial charge in [0.2, 0.25) is 0 Å². The van der Waals surface area contributed by atoms with Gasteiger partial charge in [-0.1, -0.05) is 19.9 Å². The van der Waals surface area contributed by atoms with Crippen molar-refractivity contribution in [3.8, 4) is 5.75 Å². The SMILES string of the molecule is C[C@H]1[C@H]2Cc3ccc(O)cc3C1(C)CCN2C(=O)c1cccnc1. The highest BCUT2D eigenvalue weighted by Gasteiger charge is 2.49. The predicted octanol–water partition coefficient (Wildman–Crippen LogP) is 3.15. The fraction of sp³-hybridized carbons (Fsp3) is 0.400. The molecule has 2 heterocycles. The van der Waals surface area contributed by atoms with Gasteiger partial charge in [-0.15, -0.1) is 0 Å². The normalized spacial score (nSPS) is 28.3. The van der Waals surface area contributed by atoms with Crippen LogP contribution in [0.5, 0.6) is 5.75 Å². The van der Waals surface area contributed by atoms with E-state index in [0.717, 1.165) is 19.4 Å². The lowest BCUT2D eigenvalue weighted by molar-refractivity contribution is 0.0249. The van der Waals surface area contributed by atoms with Crippen LogP contribution in [0.2, 0.25) is 0 Å². The van der Waals surface area contributed by atoms with Gasteiger partial charge in [0.1, 0.15) is 5.75 Å². The molecule has 1 aromatic heterocycles. The molecule has 4 nitrogen and oxygen atoms in total. The molecule has 0 saturated carbocycles. The molecule has 2 aromatic rings. The van der Waals surface area contributed by atoms with Crippen LogP contribution in [0, 0.1) is 5.92 Å². The number of carbonyl (C=O) groups excluding carboxylic acids is 1. The van der Waals surface area contributed by atoms with Crippen LogP contribution in [-0.4, -0.2) is 33.5 Å². The summed E-state index contributed by atoms with van der Waals surface area (Å²) < 4.78 is 0. The maximum atomic E-state index is 13.0. The Morgan fingerprint density at radius 3 is 2.96 bits per heavy atom. The van der Waals surface area contributed by atoms with Crippen molar-refractivity contribution < 1.29 is 9.90 Å². The summed E-state index contributed by atoms with van der Waals surface area (Å²) >= 11 is 0. The van der Waals surface area contributed by atoms with Crippen LogP contribution >= 0.6 is 0 Å². The summed E-state index contributed by atoms with van der Waals surface area (Å²) in [6.45, 7) is 5.25. The molecule has 1 aromatic carbocycles. The molecule has 1 fully saturated rings. The number of pyridine rings is 1. The van der Waals surface area contributed by atoms with Gasteiger partial charge in [0.25, 0.3) is 5.91 Å². The van der Waals surface area contributed by atoms with Crippen LogP contribution in [-0.2, 0) is 11.8 Å². The molecule has 0 spiro atoms. The first-order chi connectivity index (χ1) is 11.5. The molecule has 1 amide bonds. The maximum absolute atomic E-state index is 13.0. The van der Waals surface area contributed by atoms with E-state index >= 15 is 0 Å². The molecule has 2 bridgehead atoms. The van der Waals surface area contributed by atoms with Gasteiger partial charge in [-0.05, 0) is 59.6 Å². The van der Waals surface area contributed by atoms with Crippen molar-refractivity contribution in [3.05, 3.63) is 59.4 Å². The van der Waals surface area contributed by atoms with E-state index in [1.54, 1.807) is 18.5 Å². The highest BCUT2D eigenvalue weighted by Crippen LogP contribution is 2.49. The molecule has 0 radical (unpaired) electrons. The van der Waals surface area contributed by atoms with E-state index in [2.05, 4.69) is 18.8 Å². The Bertz CT molecular complexity index is 789. The Kier molecular flexibility index (Phi) is 3.37. The Morgan fingerprint density at radius 2 is 2.21 bits per heavy atom. The zero-order chi connectivity index (χ0) is 16.9. The smallest absolute Gasteiger partial charge is 0.255 e. The van der Waals surface area contributed by atoms with Crippen LogP contribution in [0.15, 0.2) is 42.7 Å². The molecule has 2 aliphatic rings. The number of likely N-dealkylation sites (tertiary alicyclic amines) is 1. The summed E-state index contributed by atoms with van der Waals surface area (Å²) in [7, 11) is 0. The lowest BCUT2D eigenvalue weighted by Crippen LogP contribution is -2.59. The van der Waals surface area contributed by atoms with E-state index in [1.807, 2.05) is 29.2 Å². The molecule has 1 N–H and O–H groups in total. The minimum Gasteiger partial charge on any atom is -0.508 e. The number of aromatic hydroxyl groups is 1. The van der Waals surface area contributed by atoms with E-state index in [1.165, 1.54) is 11.1 Å². The summed E-state index contributed by atoms with van der Waals surface area (Å²) in [5.41, 5.74) is 3.16. The van der Waals surface area contributed by atoms with Gasteiger partial charge >= 0.3 is 0 Å². The van der Waals surface area contributed by atoms with Gasteiger partial charge in [-0.2, -0.15) is 0 Å². The minimum absolute atomic E-state index is 0.00269. The van der Waals surface area contributed by atoms with Crippen LogP contribution in [0.25, 0.3) is 0 Å². The molecule has 124 valence electrons. The predicted molar refractivity (Wildman–Crippen MR) is 92.0 cm³/mol. The van der Waals surface area contributed by atoms with Gasteiger partial charge in [0.05, 0.1) is 5.56 Å². The lowest BCUT2D eigenvalue weighted by atomic mass is 9.59. The van der Waals surface area contributed by atoms with E-state index in [-0.39, 0.29) is 17.4 Å². The van der Waals surface area contributed by atoms with Crippen molar-refractivity contribution >= 4 is 5.91 Å². The third-order valence-corrected chi connectivity index (χ3v) is 6.16. The molecule has 1 unspecified atom stereocenters. The standard InChI is InChI=1S/C20H22N2O2/c1-13-18-10-14-5-6-16(23)11-17(14)20(13,2)7-9-22(18)19(24)15-4-3-8-21-12-15/h3-6,8,11-13,18,23H,7,9-10H2,1-2H3/t13-,18+,20?/m0/s1. The molecular weight excluding hydrogens is 300 g/mol. The van der Waals surface area contributed by atoms with Gasteiger partial charge in [-0.25, -0.2) is 0 Å². The number of hydrogen-bond acceptors (Lipinski definition) is 3. The Morgan fingerprint density at radius 1 is 1.38 bits per heavy atom. The largest absolute Gasteiger partial charge is 0.508 e. The number of piperidine rings is 1. The van der Waals surface area contributed by atoms with Crippen LogP contribution in [0.3, 0.4) is 0 Å². The molecular formula is C20H22N2O2. The molecule has 1 aliphatic carbocycles. The van der Waals surface area contributed by atoms with Crippen molar-refractivity contribution in [3.63, 3.8) is 0 Å². The third-order valence-electron chi connectivity index (χ3n) is 6.16. The number of amides is 1. The first-order valence-electron chi connectivity index (χ1n) is 8.54. The number of phenols is 1. The van der Waals surface area contributed by atoms with Gasteiger partial charge < -0.3 is 10.0 Å². The Hall–Kier alpha value is -2.36. The summed E-state index contributed by atoms with van der Waals surface area (Å²) in [6.07, 6.45) is 5.09. The number of phenolic OH excluding ortho intramolecular Hbond substituents is 1. The summed E-state index contributed by atoms with van der Waals surface area (Å²) in [4.78, 5) is 19.1. The van der Waals surface area contributed by atoms with Gasteiger partial charge in [0.15, 0.2) is 0 Å². The van der Waals surface area contributed by atoms with Crippen LogP contribution < -0.4 is 0 Å². The Balaban J connectivity index is 1.73. The highest BCUT2D eigenvalue weighted by atomic mass is 16.3. The molecule has 3 atom stereocenters. The first kappa shape index (κ1) is 15.2. The number of nitrogens with zero attached hydrogens (tertiary/aromatic N) is 2. The van der Waals surface area contributed by atoms with Crippen molar-refractivity contribution in [2.75, 3.05) is 6.54 Å². The topological polar surface area (TPSA) is 53.4 Å². The second kappa shape index (κ2) is 5.33. The minimum atomic E-state index is 0.00269. The van der Waals surface area contributed by atoms with Crippen molar-refractivity contribution in [2.45, 2.75) is 38.1 Å². The van der Waals surface area contributed by atoms with Gasteiger partial charge in [-0.3, -0.25) is 9.78 Å². The number of benzene rings is 1. The number of carbonyl (C=O) groups is 1. The maximum Gasteiger partial charge on any atom is 0.255 e. The summed E-state index contributed by atoms with van der Waals surface area (Å²) in [5.74, 6) is 0.750. The van der Waals surface area contributed by atoms with E-state index in [0.29, 0.717) is 17.2 Å². The zero-order valence-electron chi connectivity index (χ0n) is 14.1. The number of fused-ring (bicyclic) bond motifs is 4. The highest BCUT2D eigenvalue weighted by molar-refractivity contribution is 5.94. The molecule has 1 saturated heterocycles. The number of rotatable bonds is 1. The van der Waals surface area contributed by atoms with Crippen molar-refractivity contribution in [2.24, 2.45) is 5.92 Å². The van der Waals surface area contributed by atoms with Gasteiger partial charge in [0, 0.05) is 25.0 Å². The molecule has 4 rings (SSSR count). The fourth-order valence-electron chi connectivity index (χ4n) is 4.51. The summed E-state index contributed by atoms with van der Waals surface area (Å²) in [5, 5.41) is 9.90. The average molecular weight is 322 g/mol. The second-order valence-electron chi connectivity index (χ2n) is 7.31. The van der Waals surface area contributed by atoms with E-state index in [9.17, 15) is 9.90 Å². The zero-order valence-corrected chi connectivity index (χ0v) is 14.1. The van der Waals surface area contributed by atoms with E-state index < -0.39 is 0 Å². The average Bonchev–Trinajstić information content (AvgIpc) is 2.59. The third kappa shape index (κ3) is 2.13. The van der Waals surface area contributed by atoms with E-state index in [4.69, 9.17) is 0 Å². The molecule has 1 aliphatic heterocycles. The molecule has 4 heteroatoms. The monoisotopic (exact) mass is 322 g/mol. The van der Waals surface area contributed by atoms with Crippen LogP contribution in [0.1, 0.15) is 41.8 Å². The number of hydrogen-bond donors (Lipinski definition) is 1. The van der Waals surface area contributed by atoms with Crippen LogP contribution in [0.4, 0.5) is 0 Å². The summed E-state index contributed by atoms with van der Waals surface area (Å²) in [6, 6.07) is 9.52. The lowest BCUT2D eigenvalue weighted by Gasteiger charge is -2.54. The quantitative estimate of drug-likeness (QED) is 0.877. The Labute approximate surface area is 142 Å². The molecule has 24 heavy (non-hydrogen) atoms. The first-order valence-corrected chi connectivity index (χ1v) is 8.54. The van der Waals surface area contributed by atoms with Crippen molar-refractivity contribution in [1.29, 1.82) is 0 Å². The van der Waals surface area contributed by atoms with Crippen molar-refractivity contribution in [1.82, 2.24) is 9.88 Å². The second-order valence-corrected chi connectivity index (χ2v) is 7.31. The number of aromatic nitrogens is 1. The fourth-order valence-corrected chi connectivity index (χ4v) is 4.51.